The van der Waals surface area contributed by atoms with Crippen LogP contribution in [0.5, 0.6) is 0 Å². The quantitative estimate of drug-likeness (QED) is 0.0795. The van der Waals surface area contributed by atoms with E-state index in [1.54, 1.807) is 0 Å². The summed E-state index contributed by atoms with van der Waals surface area (Å²) in [6, 6.07) is 35.5. The van der Waals surface area contributed by atoms with Gasteiger partial charge in [0, 0.05) is 0 Å². The number of furan rings is 2. The van der Waals surface area contributed by atoms with E-state index in [1.165, 1.54) is 20.5 Å². The standard InChI is InChI=1S/2C24H22N4O.2Pt/c2*1-18-15-19(26-25-18)7-3-2-6-12-27-13-14-28(17-27)20-10-11-24-22(16-20)21-8-4-5-9-23(21)29-24;;/h2*4-5,8-9,11,13-16H,2-3,6-7,12H2,1H3;;/q2*-2;;. The second kappa shape index (κ2) is 18.1. The third-order valence-corrected chi connectivity index (χ3v) is 13.2. The maximum absolute atomic E-state index is 5.93. The van der Waals surface area contributed by atoms with Crippen molar-refractivity contribution in [2.45, 2.75) is 78.3 Å². The van der Waals surface area contributed by atoms with Crippen LogP contribution in [0.25, 0.3) is 55.3 Å². The zero-order chi connectivity index (χ0) is 41.0. The molecule has 0 saturated heterocycles. The molecule has 0 aliphatic rings. The number of imidazole rings is 2. The number of aromatic nitrogens is 8. The van der Waals surface area contributed by atoms with E-state index in [0.29, 0.717) is 0 Å². The van der Waals surface area contributed by atoms with Crippen molar-refractivity contribution < 1.29 is 47.5 Å². The minimum atomic E-state index is 0.875. The second-order valence-electron chi connectivity index (χ2n) is 15.2. The van der Waals surface area contributed by atoms with Crippen LogP contribution in [0.2, 0.25) is 0 Å². The molecule has 0 spiro atoms. The topological polar surface area (TPSA) is 100.0 Å². The Morgan fingerprint density at radius 2 is 0.983 bits per heavy atom. The summed E-state index contributed by atoms with van der Waals surface area (Å²) >= 11 is 4.80. The van der Waals surface area contributed by atoms with E-state index in [0.717, 1.165) is 130 Å². The van der Waals surface area contributed by atoms with Crippen LogP contribution < -0.4 is 10.2 Å². The number of para-hydroxylation sites is 2. The molecule has 6 heterocycles. The normalized spacial score (nSPS) is 11.7. The summed E-state index contributed by atoms with van der Waals surface area (Å²) in [5, 5.41) is 21.1. The molecule has 0 unspecified atom stereocenters. The van der Waals surface area contributed by atoms with E-state index in [1.807, 2.05) is 62.4 Å². The Labute approximate surface area is 369 Å². The number of hydrogen-bond acceptors (Lipinski definition) is 4. The van der Waals surface area contributed by atoms with Gasteiger partial charge < -0.3 is 0 Å². The van der Waals surface area contributed by atoms with E-state index in [2.05, 4.69) is 151 Å². The number of aryl methyl sites for hydroxylation is 6. The Balaban J connectivity index is 0.000000154. The first-order valence-corrected chi connectivity index (χ1v) is 22.7. The number of nitrogens with zero attached hydrogens (tertiary/aromatic N) is 8. The number of unbranched alkanes of at least 4 members (excludes halogenated alkanes) is 4. The van der Waals surface area contributed by atoms with Gasteiger partial charge in [-0.15, -0.1) is 0 Å². The molecule has 6 aromatic heterocycles. The fraction of sp³-hybridized carbons (Fsp3) is 0.250. The first kappa shape index (κ1) is 40.1. The predicted molar refractivity (Wildman–Crippen MR) is 226 cm³/mol. The fourth-order valence-corrected chi connectivity index (χ4v) is 9.45. The first-order valence-electron chi connectivity index (χ1n) is 20.4. The fourth-order valence-electron chi connectivity index (χ4n) is 7.72. The van der Waals surface area contributed by atoms with Crippen molar-refractivity contribution in [3.05, 3.63) is 152 Å². The van der Waals surface area contributed by atoms with Crippen molar-refractivity contribution in [1.29, 1.82) is 0 Å². The molecule has 0 amide bonds. The van der Waals surface area contributed by atoms with Gasteiger partial charge in [0.2, 0.25) is 0 Å². The molecule has 0 N–H and O–H groups in total. The monoisotopic (exact) mass is 1150 g/mol. The average molecular weight is 1160 g/mol. The molecule has 4 aromatic carbocycles. The molecule has 0 bridgehead atoms. The van der Waals surface area contributed by atoms with Crippen molar-refractivity contribution >= 4 is 43.9 Å². The molecule has 0 aliphatic carbocycles. The minimum absolute atomic E-state index is 0.875. The molecule has 10 aromatic rings. The van der Waals surface area contributed by atoms with Crippen LogP contribution in [0.15, 0.2) is 119 Å². The molecule has 0 radical (unpaired) electrons. The summed E-state index contributed by atoms with van der Waals surface area (Å²) < 4.78 is 23.2. The van der Waals surface area contributed by atoms with Crippen molar-refractivity contribution in [3.63, 3.8) is 0 Å². The van der Waals surface area contributed by atoms with Crippen LogP contribution in [0, 0.1) is 33.6 Å². The van der Waals surface area contributed by atoms with Crippen LogP contribution in [0.3, 0.4) is 0 Å². The summed E-state index contributed by atoms with van der Waals surface area (Å²) in [5.41, 5.74) is 9.88. The van der Waals surface area contributed by atoms with E-state index in [4.69, 9.17) is 8.83 Å². The number of hydrogen-bond donors (Lipinski definition) is 0. The Kier molecular flexibility index (Phi) is 12.1. The van der Waals surface area contributed by atoms with Crippen LogP contribution in [0.1, 0.15) is 61.3 Å². The maximum atomic E-state index is 5.93. The van der Waals surface area contributed by atoms with Gasteiger partial charge in [-0.3, -0.25) is 0 Å². The third-order valence-electron chi connectivity index (χ3n) is 10.8. The molecule has 0 fully saturated rings. The van der Waals surface area contributed by atoms with E-state index < -0.39 is 0 Å². The van der Waals surface area contributed by atoms with Crippen molar-refractivity contribution in [2.24, 2.45) is 0 Å². The van der Waals surface area contributed by atoms with E-state index >= 15 is 0 Å². The van der Waals surface area contributed by atoms with Crippen LogP contribution >= 0.6 is 0 Å². The molecule has 0 aliphatic heterocycles. The van der Waals surface area contributed by atoms with Gasteiger partial charge in [0.25, 0.3) is 0 Å². The van der Waals surface area contributed by atoms with E-state index in [9.17, 15) is 0 Å². The zero-order valence-electron chi connectivity index (χ0n) is 33.5. The molecule has 12 heteroatoms. The summed E-state index contributed by atoms with van der Waals surface area (Å²) in [7, 11) is 0. The van der Waals surface area contributed by atoms with Gasteiger partial charge in [-0.25, -0.2) is 0 Å². The van der Waals surface area contributed by atoms with E-state index in [-0.39, 0.29) is 0 Å². The molecule has 312 valence electrons. The zero-order valence-corrected chi connectivity index (χ0v) is 38.0. The predicted octanol–water partition coefficient (Wildman–Crippen LogP) is 10.3. The molecular formula is C48H44N8O2Pt2-4. The second-order valence-corrected chi connectivity index (χ2v) is 17.2. The Morgan fingerprint density at radius 3 is 1.42 bits per heavy atom. The summed E-state index contributed by atoms with van der Waals surface area (Å²) in [6.45, 7) is 6.00. The Hall–Kier alpha value is -5.30. The molecule has 0 atom stereocenters. The molecular weight excluding hydrogens is 1110 g/mol. The van der Waals surface area contributed by atoms with Crippen molar-refractivity contribution in [2.75, 3.05) is 0 Å². The van der Waals surface area contributed by atoms with Crippen LogP contribution in [-0.4, -0.2) is 28.5 Å². The number of benzene rings is 4. The first-order chi connectivity index (χ1) is 29.4. The molecule has 60 heavy (non-hydrogen) atoms. The summed E-state index contributed by atoms with van der Waals surface area (Å²) in [6.07, 6.45) is 17.5. The van der Waals surface area contributed by atoms with Gasteiger partial charge in [0.05, 0.1) is 0 Å². The molecule has 10 rings (SSSR count). The van der Waals surface area contributed by atoms with Crippen LogP contribution in [0.4, 0.5) is 0 Å². The van der Waals surface area contributed by atoms with Gasteiger partial charge in [0.15, 0.2) is 0 Å². The summed E-state index contributed by atoms with van der Waals surface area (Å²) in [4.78, 5) is 0. The molecule has 0 saturated carbocycles. The summed E-state index contributed by atoms with van der Waals surface area (Å²) in [5.74, 6) is 0. The average Bonchev–Trinajstić information content (AvgIpc) is 4.13. The Morgan fingerprint density at radius 1 is 0.533 bits per heavy atom. The Bertz CT molecular complexity index is 2950. The van der Waals surface area contributed by atoms with Gasteiger partial charge in [0.1, 0.15) is 0 Å². The number of fused-ring (bicyclic) bond motifs is 6. The third kappa shape index (κ3) is 8.77. The SMILES string of the molecule is Cc1cc(CCCCCn2ccn(-c3[c-]cc4oc5ccccc5c4c3)[c]2=[Pt])n[n-]1.Cc1cc(CCCCCn2ccn(-c3[c-]cc4oc5ccccc5c4c3)[c]2=[Pt])n[n-]1. The van der Waals surface area contributed by atoms with Crippen molar-refractivity contribution in [3.8, 4) is 11.4 Å². The van der Waals surface area contributed by atoms with Gasteiger partial charge in [-0.1, -0.05) is 0 Å². The number of rotatable bonds is 14. The van der Waals surface area contributed by atoms with Gasteiger partial charge >= 0.3 is 372 Å². The van der Waals surface area contributed by atoms with Gasteiger partial charge in [-0.05, 0) is 0 Å². The molecule has 10 nitrogen and oxygen atoms in total. The van der Waals surface area contributed by atoms with Crippen LogP contribution in [-0.2, 0) is 64.6 Å². The van der Waals surface area contributed by atoms with Gasteiger partial charge in [-0.2, -0.15) is 0 Å². The van der Waals surface area contributed by atoms with Crippen molar-refractivity contribution in [1.82, 2.24) is 38.7 Å².